The van der Waals surface area contributed by atoms with Gasteiger partial charge in [0.2, 0.25) is 17.7 Å². The van der Waals surface area contributed by atoms with Crippen LogP contribution in [0.2, 0.25) is 0 Å². The Balaban J connectivity index is 1.48. The summed E-state index contributed by atoms with van der Waals surface area (Å²) in [5.41, 5.74) is 4.87. The Morgan fingerprint density at radius 1 is 0.969 bits per heavy atom. The average molecular weight is 467 g/mol. The molecule has 0 radical (unpaired) electrons. The lowest BCUT2D eigenvalue weighted by Gasteiger charge is -2.22. The van der Waals surface area contributed by atoms with E-state index in [0.29, 0.717) is 43.4 Å². The topological polar surface area (TPSA) is 125 Å². The van der Waals surface area contributed by atoms with Crippen molar-refractivity contribution in [2.45, 2.75) is 76.5 Å². The fourth-order valence-electron chi connectivity index (χ4n) is 3.86. The molecule has 2 heterocycles. The van der Waals surface area contributed by atoms with Gasteiger partial charge in [-0.15, -0.1) is 0 Å². The second-order valence-electron chi connectivity index (χ2n) is 8.39. The lowest BCUT2D eigenvalue weighted by molar-refractivity contribution is -0.137. The minimum atomic E-state index is -0.292. The van der Waals surface area contributed by atoms with Gasteiger partial charge < -0.3 is 5.32 Å². The molecule has 0 spiro atoms. The molecule has 0 aromatic heterocycles. The van der Waals surface area contributed by atoms with E-state index in [1.165, 1.54) is 17.1 Å². The van der Waals surface area contributed by atoms with Gasteiger partial charge in [0.1, 0.15) is 0 Å². The number of hydrogen-bond donors (Lipinski definition) is 3. The molecule has 2 aliphatic rings. The van der Waals surface area contributed by atoms with E-state index in [-0.39, 0.29) is 42.0 Å². The van der Waals surface area contributed by atoms with Crippen LogP contribution in [0.15, 0.2) is 12.2 Å². The quantitative estimate of drug-likeness (QED) is 0.227. The number of thioether (sulfide) groups is 1. The Hall–Kier alpha value is -2.36. The van der Waals surface area contributed by atoms with Crippen LogP contribution >= 0.6 is 11.8 Å². The number of rotatable bonds is 12. The molecule has 3 N–H and O–H groups in total. The third-order valence-corrected chi connectivity index (χ3v) is 7.30. The fraction of sp³-hybridized carbons (Fsp3) is 0.682. The molecule has 1 saturated heterocycles. The monoisotopic (exact) mass is 466 g/mol. The van der Waals surface area contributed by atoms with Gasteiger partial charge in [0.05, 0.1) is 0 Å². The first-order valence-corrected chi connectivity index (χ1v) is 12.3. The van der Waals surface area contributed by atoms with Crippen LogP contribution in [0.5, 0.6) is 0 Å². The van der Waals surface area contributed by atoms with Gasteiger partial charge in [0.25, 0.3) is 11.8 Å². The van der Waals surface area contributed by atoms with Gasteiger partial charge in [-0.1, -0.05) is 19.8 Å². The molecule has 32 heavy (non-hydrogen) atoms. The Morgan fingerprint density at radius 2 is 1.56 bits per heavy atom. The summed E-state index contributed by atoms with van der Waals surface area (Å²) in [6.45, 7) is 4.05. The molecule has 0 saturated carbocycles. The lowest BCUT2D eigenvalue weighted by atomic mass is 9.97. The molecule has 0 aliphatic carbocycles. The van der Waals surface area contributed by atoms with Crippen molar-refractivity contribution < 1.29 is 24.0 Å². The van der Waals surface area contributed by atoms with E-state index in [9.17, 15) is 24.0 Å². The third kappa shape index (κ3) is 8.64. The van der Waals surface area contributed by atoms with Crippen LogP contribution in [0.3, 0.4) is 0 Å². The highest BCUT2D eigenvalue weighted by atomic mass is 32.2. The summed E-state index contributed by atoms with van der Waals surface area (Å²) in [6.07, 6.45) is 7.64. The second kappa shape index (κ2) is 13.2. The number of amides is 5. The first-order chi connectivity index (χ1) is 15.3. The predicted octanol–water partition coefficient (Wildman–Crippen LogP) is 1.44. The Kier molecular flexibility index (Phi) is 10.7. The molecule has 0 aromatic rings. The van der Waals surface area contributed by atoms with Gasteiger partial charge in [0, 0.05) is 49.8 Å². The van der Waals surface area contributed by atoms with Gasteiger partial charge >= 0.3 is 0 Å². The van der Waals surface area contributed by atoms with E-state index < -0.39 is 0 Å². The molecule has 9 nitrogen and oxygen atoms in total. The van der Waals surface area contributed by atoms with Crippen LogP contribution in [-0.4, -0.2) is 58.0 Å². The molecule has 2 rings (SSSR count). The summed E-state index contributed by atoms with van der Waals surface area (Å²) < 4.78 is 0. The average Bonchev–Trinajstić information content (AvgIpc) is 3.25. The molecule has 0 aromatic carbocycles. The molecule has 178 valence electrons. The smallest absolute Gasteiger partial charge is 0.253 e. The van der Waals surface area contributed by atoms with Crippen LogP contribution in [-0.2, 0) is 24.0 Å². The van der Waals surface area contributed by atoms with Gasteiger partial charge in [-0.05, 0) is 37.4 Å². The molecule has 10 heteroatoms. The van der Waals surface area contributed by atoms with Crippen LogP contribution in [0.4, 0.5) is 0 Å². The Labute approximate surface area is 193 Å². The van der Waals surface area contributed by atoms with Crippen molar-refractivity contribution in [2.24, 2.45) is 5.92 Å². The highest BCUT2D eigenvalue weighted by Crippen LogP contribution is 2.34. The number of nitrogens with zero attached hydrogens (tertiary/aromatic N) is 1. The van der Waals surface area contributed by atoms with E-state index in [2.05, 4.69) is 23.1 Å². The normalized spacial score (nSPS) is 22.3. The highest BCUT2D eigenvalue weighted by molar-refractivity contribution is 8.00. The summed E-state index contributed by atoms with van der Waals surface area (Å²) in [5.74, 6) is 0.422. The van der Waals surface area contributed by atoms with Crippen molar-refractivity contribution >= 4 is 41.3 Å². The first kappa shape index (κ1) is 25.9. The standard InChI is InChI=1S/C22H34N4O5S/c1-15-14-32-17(22(15)23-16(2)27)8-5-6-10-19(29)25-24-18(28)9-4-3-7-13-26-20(30)11-12-21(26)31/h11-12,15,17,22H,3-10,13-14H2,1-2H3,(H,23,27)(H,24,28)(H,25,29)/t15-,17-,22-/m0/s1. The summed E-state index contributed by atoms with van der Waals surface area (Å²) in [5, 5.41) is 3.43. The molecular weight excluding hydrogens is 432 g/mol. The maximum atomic E-state index is 11.9. The highest BCUT2D eigenvalue weighted by Gasteiger charge is 2.34. The van der Waals surface area contributed by atoms with Crippen LogP contribution in [0, 0.1) is 5.92 Å². The number of carbonyl (C=O) groups is 5. The van der Waals surface area contributed by atoms with Gasteiger partial charge in [-0.2, -0.15) is 11.8 Å². The maximum absolute atomic E-state index is 11.9. The number of unbranched alkanes of at least 4 members (excludes halogenated alkanes) is 3. The zero-order chi connectivity index (χ0) is 23.5. The minimum absolute atomic E-state index is 0.00133. The predicted molar refractivity (Wildman–Crippen MR) is 122 cm³/mol. The van der Waals surface area contributed by atoms with Crippen molar-refractivity contribution in [3.05, 3.63) is 12.2 Å². The number of hydrazine groups is 1. The zero-order valence-corrected chi connectivity index (χ0v) is 19.7. The van der Waals surface area contributed by atoms with E-state index in [1.807, 2.05) is 11.8 Å². The fourth-order valence-corrected chi connectivity index (χ4v) is 5.50. The van der Waals surface area contributed by atoms with Crippen LogP contribution in [0.25, 0.3) is 0 Å². The maximum Gasteiger partial charge on any atom is 0.253 e. The van der Waals surface area contributed by atoms with Crippen molar-refractivity contribution in [3.63, 3.8) is 0 Å². The molecule has 0 unspecified atom stereocenters. The van der Waals surface area contributed by atoms with Crippen molar-refractivity contribution in [2.75, 3.05) is 12.3 Å². The summed E-state index contributed by atoms with van der Waals surface area (Å²) >= 11 is 1.88. The van der Waals surface area contributed by atoms with Gasteiger partial charge in [-0.3, -0.25) is 39.7 Å². The SMILES string of the molecule is CC(=O)N[C@@H]1[C@H](CCCCC(=O)NNC(=O)CCCCCN2C(=O)C=CC2=O)SC[C@@H]1C. The van der Waals surface area contributed by atoms with E-state index in [1.54, 1.807) is 6.92 Å². The summed E-state index contributed by atoms with van der Waals surface area (Å²) in [4.78, 5) is 59.2. The number of imide groups is 1. The van der Waals surface area contributed by atoms with Gasteiger partial charge in [-0.25, -0.2) is 0 Å². The zero-order valence-electron chi connectivity index (χ0n) is 18.9. The summed E-state index contributed by atoms with van der Waals surface area (Å²) in [6, 6.07) is 0.193. The molecule has 0 bridgehead atoms. The molecule has 1 fully saturated rings. The third-order valence-electron chi connectivity index (χ3n) is 5.63. The number of hydrogen-bond acceptors (Lipinski definition) is 6. The molecule has 3 atom stereocenters. The van der Waals surface area contributed by atoms with Crippen molar-refractivity contribution in [1.29, 1.82) is 0 Å². The van der Waals surface area contributed by atoms with E-state index >= 15 is 0 Å². The van der Waals surface area contributed by atoms with Gasteiger partial charge in [0.15, 0.2) is 0 Å². The van der Waals surface area contributed by atoms with E-state index in [0.717, 1.165) is 25.0 Å². The molecule has 5 amide bonds. The van der Waals surface area contributed by atoms with Crippen LogP contribution in [0.1, 0.15) is 65.2 Å². The molecule has 2 aliphatic heterocycles. The number of nitrogens with one attached hydrogen (secondary N) is 3. The summed E-state index contributed by atoms with van der Waals surface area (Å²) in [7, 11) is 0. The largest absolute Gasteiger partial charge is 0.352 e. The Bertz CT molecular complexity index is 724. The van der Waals surface area contributed by atoms with E-state index in [4.69, 9.17) is 0 Å². The second-order valence-corrected chi connectivity index (χ2v) is 9.66. The lowest BCUT2D eigenvalue weighted by Crippen LogP contribution is -2.42. The van der Waals surface area contributed by atoms with Crippen molar-refractivity contribution in [1.82, 2.24) is 21.1 Å². The Morgan fingerprint density at radius 3 is 2.16 bits per heavy atom. The molecular formula is C22H34N4O5S. The van der Waals surface area contributed by atoms with Crippen LogP contribution < -0.4 is 16.2 Å². The number of carbonyl (C=O) groups excluding carboxylic acids is 5. The minimum Gasteiger partial charge on any atom is -0.352 e. The van der Waals surface area contributed by atoms with Crippen molar-refractivity contribution in [3.8, 4) is 0 Å². The first-order valence-electron chi connectivity index (χ1n) is 11.3.